The van der Waals surface area contributed by atoms with E-state index in [0.717, 1.165) is 12.8 Å². The summed E-state index contributed by atoms with van der Waals surface area (Å²) in [5, 5.41) is 7.42. The molecule has 3 heteroatoms. The van der Waals surface area contributed by atoms with Crippen LogP contribution in [0.25, 0.3) is 0 Å². The summed E-state index contributed by atoms with van der Waals surface area (Å²) in [5.41, 5.74) is 2.12. The van der Waals surface area contributed by atoms with Crippen LogP contribution in [0.3, 0.4) is 0 Å². The van der Waals surface area contributed by atoms with Crippen LogP contribution in [0.1, 0.15) is 64.4 Å². The summed E-state index contributed by atoms with van der Waals surface area (Å²) in [6.07, 6.45) is 14.1. The van der Waals surface area contributed by atoms with Crippen LogP contribution >= 0.6 is 0 Å². The van der Waals surface area contributed by atoms with Gasteiger partial charge in [0.2, 0.25) is 0 Å². The molecule has 1 aliphatic heterocycles. The quantitative estimate of drug-likeness (QED) is 0.557. The van der Waals surface area contributed by atoms with Crippen molar-refractivity contribution in [3.05, 3.63) is 48.0 Å². The molecule has 1 saturated carbocycles. The first-order valence-electron chi connectivity index (χ1n) is 10.2. The highest BCUT2D eigenvalue weighted by molar-refractivity contribution is 5.62. The standard InChI is InChI=1S/C21H31N.C2H4O2/c1-2-3-4-5-9-16-22-17-15-21(14-10-13-20(21)18-22)19-11-7-6-8-12-19;1-2(3)4/h2-3,6-8,11-12,20H,4-5,9-10,13-18H2,1H3;1H3,(H,3,4). The van der Waals surface area contributed by atoms with E-state index >= 15 is 0 Å². The topological polar surface area (TPSA) is 40.5 Å². The fourth-order valence-electron chi connectivity index (χ4n) is 4.76. The van der Waals surface area contributed by atoms with E-state index in [1.54, 1.807) is 5.56 Å². The van der Waals surface area contributed by atoms with Crippen molar-refractivity contribution in [1.82, 2.24) is 4.90 Å². The Balaban J connectivity index is 0.000000552. The SMILES string of the molecule is CC(=O)O.CC=CCCCCN1CCC2(c3ccccc3)CCCC2C1. The minimum Gasteiger partial charge on any atom is -0.481 e. The number of fused-ring (bicyclic) bond motifs is 1. The lowest BCUT2D eigenvalue weighted by molar-refractivity contribution is -0.134. The molecule has 0 bridgehead atoms. The zero-order valence-corrected chi connectivity index (χ0v) is 16.5. The Hall–Kier alpha value is -1.61. The molecule has 0 radical (unpaired) electrons. The number of carboxylic acids is 1. The Morgan fingerprint density at radius 2 is 2.00 bits per heavy atom. The number of allylic oxidation sites excluding steroid dienone is 2. The van der Waals surface area contributed by atoms with Crippen LogP contribution in [0.15, 0.2) is 42.5 Å². The molecular weight excluding hydrogens is 322 g/mol. The normalized spacial score (nSPS) is 25.5. The number of unbranched alkanes of at least 4 members (excludes halogenated alkanes) is 2. The number of nitrogens with zero attached hydrogens (tertiary/aromatic N) is 1. The van der Waals surface area contributed by atoms with Gasteiger partial charge in [0.05, 0.1) is 0 Å². The second kappa shape index (κ2) is 10.5. The number of carbonyl (C=O) groups is 1. The van der Waals surface area contributed by atoms with Gasteiger partial charge >= 0.3 is 0 Å². The van der Waals surface area contributed by atoms with Crippen LogP contribution in [0.2, 0.25) is 0 Å². The van der Waals surface area contributed by atoms with Crippen LogP contribution in [0.4, 0.5) is 0 Å². The molecule has 3 nitrogen and oxygen atoms in total. The zero-order valence-electron chi connectivity index (χ0n) is 16.5. The van der Waals surface area contributed by atoms with E-state index in [2.05, 4.69) is 54.3 Å². The minimum absolute atomic E-state index is 0.503. The van der Waals surface area contributed by atoms with Crippen molar-refractivity contribution < 1.29 is 9.90 Å². The van der Waals surface area contributed by atoms with Gasteiger partial charge in [-0.1, -0.05) is 48.9 Å². The first-order valence-corrected chi connectivity index (χ1v) is 10.2. The van der Waals surface area contributed by atoms with Gasteiger partial charge in [-0.15, -0.1) is 0 Å². The maximum Gasteiger partial charge on any atom is 0.300 e. The third kappa shape index (κ3) is 5.70. The van der Waals surface area contributed by atoms with Crippen molar-refractivity contribution in [3.63, 3.8) is 0 Å². The van der Waals surface area contributed by atoms with Gasteiger partial charge in [0, 0.05) is 18.9 Å². The van der Waals surface area contributed by atoms with Crippen LogP contribution in [0.5, 0.6) is 0 Å². The summed E-state index contributed by atoms with van der Waals surface area (Å²) in [7, 11) is 0. The second-order valence-electron chi connectivity index (χ2n) is 7.75. The molecule has 2 atom stereocenters. The van der Waals surface area contributed by atoms with Crippen LogP contribution in [-0.4, -0.2) is 35.6 Å². The maximum absolute atomic E-state index is 9.00. The average Bonchev–Trinajstić information content (AvgIpc) is 3.06. The molecule has 1 aromatic carbocycles. The van der Waals surface area contributed by atoms with Crippen molar-refractivity contribution in [2.24, 2.45) is 5.92 Å². The minimum atomic E-state index is -0.833. The number of likely N-dealkylation sites (tertiary alicyclic amines) is 1. The first-order chi connectivity index (χ1) is 12.6. The van der Waals surface area contributed by atoms with E-state index in [-0.39, 0.29) is 0 Å². The molecule has 2 fully saturated rings. The molecule has 3 rings (SSSR count). The van der Waals surface area contributed by atoms with Crippen molar-refractivity contribution in [2.45, 2.75) is 64.2 Å². The first kappa shape index (κ1) is 20.7. The molecule has 0 spiro atoms. The Labute approximate surface area is 159 Å². The van der Waals surface area contributed by atoms with Crippen molar-refractivity contribution in [3.8, 4) is 0 Å². The average molecular weight is 358 g/mol. The van der Waals surface area contributed by atoms with E-state index in [1.807, 2.05) is 0 Å². The third-order valence-electron chi connectivity index (χ3n) is 5.99. The fourth-order valence-corrected chi connectivity index (χ4v) is 4.76. The molecule has 1 aromatic rings. The van der Waals surface area contributed by atoms with E-state index in [0.29, 0.717) is 5.41 Å². The summed E-state index contributed by atoms with van der Waals surface area (Å²) in [5.74, 6) is 0.0548. The van der Waals surface area contributed by atoms with Gasteiger partial charge in [-0.25, -0.2) is 0 Å². The summed E-state index contributed by atoms with van der Waals surface area (Å²) < 4.78 is 0. The molecule has 144 valence electrons. The fraction of sp³-hybridized carbons (Fsp3) is 0.609. The van der Waals surface area contributed by atoms with Crippen LogP contribution < -0.4 is 0 Å². The number of hydrogen-bond donors (Lipinski definition) is 1. The molecule has 2 aliphatic rings. The Morgan fingerprint density at radius 3 is 2.69 bits per heavy atom. The molecule has 0 amide bonds. The molecule has 1 aliphatic carbocycles. The third-order valence-corrected chi connectivity index (χ3v) is 5.99. The summed E-state index contributed by atoms with van der Waals surface area (Å²) in [6, 6.07) is 11.4. The predicted molar refractivity (Wildman–Crippen MR) is 108 cm³/mol. The highest BCUT2D eigenvalue weighted by Gasteiger charge is 2.46. The van der Waals surface area contributed by atoms with Gasteiger partial charge in [0.25, 0.3) is 5.97 Å². The van der Waals surface area contributed by atoms with Crippen molar-refractivity contribution in [2.75, 3.05) is 19.6 Å². The highest BCUT2D eigenvalue weighted by atomic mass is 16.4. The molecule has 2 unspecified atom stereocenters. The van der Waals surface area contributed by atoms with Crippen LogP contribution in [-0.2, 0) is 10.2 Å². The molecule has 26 heavy (non-hydrogen) atoms. The molecular formula is C23H35NO2. The zero-order chi connectivity index (χ0) is 18.8. The van der Waals surface area contributed by atoms with E-state index in [4.69, 9.17) is 9.90 Å². The summed E-state index contributed by atoms with van der Waals surface area (Å²) in [6.45, 7) is 7.14. The van der Waals surface area contributed by atoms with Gasteiger partial charge in [-0.3, -0.25) is 4.79 Å². The monoisotopic (exact) mass is 357 g/mol. The number of rotatable bonds is 6. The summed E-state index contributed by atoms with van der Waals surface area (Å²) in [4.78, 5) is 11.7. The Bertz CT molecular complexity index is 565. The predicted octanol–water partition coefficient (Wildman–Crippen LogP) is 5.27. The number of piperidine rings is 1. The molecule has 1 saturated heterocycles. The molecule has 0 aromatic heterocycles. The Morgan fingerprint density at radius 1 is 1.27 bits per heavy atom. The highest BCUT2D eigenvalue weighted by Crippen LogP contribution is 2.50. The molecule has 1 heterocycles. The number of aliphatic carboxylic acids is 1. The maximum atomic E-state index is 9.00. The molecule has 1 N–H and O–H groups in total. The van der Waals surface area contributed by atoms with E-state index < -0.39 is 5.97 Å². The van der Waals surface area contributed by atoms with Crippen molar-refractivity contribution in [1.29, 1.82) is 0 Å². The van der Waals surface area contributed by atoms with E-state index in [1.165, 1.54) is 64.6 Å². The van der Waals surface area contributed by atoms with Crippen LogP contribution in [0, 0.1) is 5.92 Å². The van der Waals surface area contributed by atoms with Gasteiger partial charge in [0.1, 0.15) is 0 Å². The Kier molecular flexibility index (Phi) is 8.37. The second-order valence-corrected chi connectivity index (χ2v) is 7.75. The lowest BCUT2D eigenvalue weighted by Crippen LogP contribution is -2.47. The number of benzene rings is 1. The largest absolute Gasteiger partial charge is 0.481 e. The number of hydrogen-bond acceptors (Lipinski definition) is 2. The lowest BCUT2D eigenvalue weighted by atomic mass is 9.68. The summed E-state index contributed by atoms with van der Waals surface area (Å²) >= 11 is 0. The lowest BCUT2D eigenvalue weighted by Gasteiger charge is -2.45. The smallest absolute Gasteiger partial charge is 0.300 e. The van der Waals surface area contributed by atoms with Crippen molar-refractivity contribution >= 4 is 5.97 Å². The van der Waals surface area contributed by atoms with Gasteiger partial charge in [-0.05, 0) is 70.0 Å². The van der Waals surface area contributed by atoms with Gasteiger partial charge in [0.15, 0.2) is 0 Å². The van der Waals surface area contributed by atoms with E-state index in [9.17, 15) is 0 Å². The van der Waals surface area contributed by atoms with Gasteiger partial charge < -0.3 is 10.0 Å². The van der Waals surface area contributed by atoms with Gasteiger partial charge in [-0.2, -0.15) is 0 Å². The number of carboxylic acid groups (broad SMARTS) is 1.